The van der Waals surface area contributed by atoms with Crippen LogP contribution in [0.4, 0.5) is 0 Å². The normalized spacial score (nSPS) is 18.5. The minimum Gasteiger partial charge on any atom is -0.481 e. The first-order valence-electron chi connectivity index (χ1n) is 5.64. The molecule has 0 amide bonds. The average molecular weight is 250 g/mol. The zero-order valence-electron chi connectivity index (χ0n) is 9.16. The molecule has 4 heteroatoms. The molecular formula is C13H12ClNO2. The molecule has 2 aromatic rings. The Labute approximate surface area is 103 Å². The number of aliphatic carboxylic acids is 1. The van der Waals surface area contributed by atoms with E-state index in [0.717, 1.165) is 28.8 Å². The van der Waals surface area contributed by atoms with E-state index in [1.807, 2.05) is 18.2 Å². The van der Waals surface area contributed by atoms with Crippen LogP contribution in [0.1, 0.15) is 17.7 Å². The number of carboxylic acid groups (broad SMARTS) is 1. The number of hydrogen-bond acceptors (Lipinski definition) is 1. The molecule has 17 heavy (non-hydrogen) atoms. The van der Waals surface area contributed by atoms with Crippen LogP contribution in [0, 0.1) is 5.92 Å². The van der Waals surface area contributed by atoms with Crippen molar-refractivity contribution in [3.8, 4) is 0 Å². The molecule has 1 aromatic heterocycles. The maximum absolute atomic E-state index is 10.7. The van der Waals surface area contributed by atoms with Gasteiger partial charge in [0.1, 0.15) is 0 Å². The van der Waals surface area contributed by atoms with E-state index in [1.54, 1.807) is 0 Å². The van der Waals surface area contributed by atoms with Crippen molar-refractivity contribution in [1.82, 2.24) is 4.98 Å². The Hall–Kier alpha value is -1.48. The lowest BCUT2D eigenvalue weighted by Gasteiger charge is -2.05. The predicted octanol–water partition coefficient (Wildman–Crippen LogP) is 3.01. The number of aromatic amines is 1. The number of aromatic nitrogens is 1. The van der Waals surface area contributed by atoms with Crippen LogP contribution in [0.3, 0.4) is 0 Å². The van der Waals surface area contributed by atoms with Gasteiger partial charge >= 0.3 is 5.97 Å². The van der Waals surface area contributed by atoms with Crippen molar-refractivity contribution in [1.29, 1.82) is 0 Å². The van der Waals surface area contributed by atoms with Gasteiger partial charge in [0, 0.05) is 28.0 Å². The SMILES string of the molecule is O=C(O)CC1Cc2[nH]c3ccc(Cl)cc3c2C1. The van der Waals surface area contributed by atoms with Crippen molar-refractivity contribution >= 4 is 28.5 Å². The zero-order chi connectivity index (χ0) is 12.0. The van der Waals surface area contributed by atoms with Crippen LogP contribution in [0.25, 0.3) is 10.9 Å². The van der Waals surface area contributed by atoms with Gasteiger partial charge in [0.25, 0.3) is 0 Å². The van der Waals surface area contributed by atoms with Crippen LogP contribution in [0.15, 0.2) is 18.2 Å². The highest BCUT2D eigenvalue weighted by molar-refractivity contribution is 6.31. The molecule has 1 atom stereocenters. The van der Waals surface area contributed by atoms with Crippen molar-refractivity contribution < 1.29 is 9.90 Å². The quantitative estimate of drug-likeness (QED) is 0.860. The highest BCUT2D eigenvalue weighted by atomic mass is 35.5. The number of nitrogens with one attached hydrogen (secondary N) is 1. The number of rotatable bonds is 2. The molecule has 0 saturated carbocycles. The van der Waals surface area contributed by atoms with Crippen LogP contribution in [-0.4, -0.2) is 16.1 Å². The standard InChI is InChI=1S/C13H12ClNO2/c14-8-1-2-11-10(6-8)9-3-7(5-13(16)17)4-12(9)15-11/h1-2,6-7,15H,3-5H2,(H,16,17). The Morgan fingerprint density at radius 2 is 2.29 bits per heavy atom. The van der Waals surface area contributed by atoms with Gasteiger partial charge in [0.15, 0.2) is 0 Å². The van der Waals surface area contributed by atoms with Crippen LogP contribution < -0.4 is 0 Å². The predicted molar refractivity (Wildman–Crippen MR) is 66.5 cm³/mol. The van der Waals surface area contributed by atoms with Crippen molar-refractivity contribution in [2.75, 3.05) is 0 Å². The lowest BCUT2D eigenvalue weighted by Crippen LogP contribution is -2.07. The van der Waals surface area contributed by atoms with E-state index in [1.165, 1.54) is 11.3 Å². The fourth-order valence-corrected chi connectivity index (χ4v) is 2.90. The van der Waals surface area contributed by atoms with Gasteiger partial charge in [0.05, 0.1) is 0 Å². The van der Waals surface area contributed by atoms with E-state index in [0.29, 0.717) is 0 Å². The van der Waals surface area contributed by atoms with Gasteiger partial charge in [-0.05, 0) is 42.5 Å². The Bertz CT molecular complexity index is 603. The molecule has 1 heterocycles. The topological polar surface area (TPSA) is 53.1 Å². The fraction of sp³-hybridized carbons (Fsp3) is 0.308. The minimum atomic E-state index is -0.720. The average Bonchev–Trinajstić information content (AvgIpc) is 2.74. The lowest BCUT2D eigenvalue weighted by molar-refractivity contribution is -0.138. The van der Waals surface area contributed by atoms with Crippen molar-refractivity contribution in [2.24, 2.45) is 5.92 Å². The number of carbonyl (C=O) groups is 1. The summed E-state index contributed by atoms with van der Waals surface area (Å²) in [6.07, 6.45) is 1.90. The second-order valence-corrected chi connectivity index (χ2v) is 5.08. The fourth-order valence-electron chi connectivity index (χ4n) is 2.72. The summed E-state index contributed by atoms with van der Waals surface area (Å²) in [5, 5.41) is 10.7. The molecular weight excluding hydrogens is 238 g/mol. The summed E-state index contributed by atoms with van der Waals surface area (Å²) in [4.78, 5) is 14.1. The van der Waals surface area contributed by atoms with Crippen LogP contribution in [-0.2, 0) is 17.6 Å². The Morgan fingerprint density at radius 3 is 3.06 bits per heavy atom. The van der Waals surface area contributed by atoms with E-state index in [4.69, 9.17) is 16.7 Å². The monoisotopic (exact) mass is 249 g/mol. The van der Waals surface area contributed by atoms with Crippen LogP contribution >= 0.6 is 11.6 Å². The maximum Gasteiger partial charge on any atom is 0.303 e. The Morgan fingerprint density at radius 1 is 1.47 bits per heavy atom. The van der Waals surface area contributed by atoms with E-state index in [2.05, 4.69) is 4.98 Å². The third-order valence-electron chi connectivity index (χ3n) is 3.41. The van der Waals surface area contributed by atoms with Crippen LogP contribution in [0.2, 0.25) is 5.02 Å². The summed E-state index contributed by atoms with van der Waals surface area (Å²) in [5.41, 5.74) is 3.51. The summed E-state index contributed by atoms with van der Waals surface area (Å²) in [6.45, 7) is 0. The van der Waals surface area contributed by atoms with E-state index in [9.17, 15) is 4.79 Å². The van der Waals surface area contributed by atoms with Crippen molar-refractivity contribution in [3.63, 3.8) is 0 Å². The number of carboxylic acids is 1. The first kappa shape index (κ1) is 10.7. The van der Waals surface area contributed by atoms with Gasteiger partial charge in [0.2, 0.25) is 0 Å². The van der Waals surface area contributed by atoms with Gasteiger partial charge < -0.3 is 10.1 Å². The molecule has 3 rings (SSSR count). The molecule has 1 aliphatic rings. The van der Waals surface area contributed by atoms with Crippen molar-refractivity contribution in [3.05, 3.63) is 34.5 Å². The molecule has 88 valence electrons. The molecule has 0 bridgehead atoms. The highest BCUT2D eigenvalue weighted by Crippen LogP contribution is 2.35. The highest BCUT2D eigenvalue weighted by Gasteiger charge is 2.26. The second kappa shape index (κ2) is 3.77. The minimum absolute atomic E-state index is 0.220. The zero-order valence-corrected chi connectivity index (χ0v) is 9.92. The number of H-pyrrole nitrogens is 1. The van der Waals surface area contributed by atoms with E-state index >= 15 is 0 Å². The van der Waals surface area contributed by atoms with Gasteiger partial charge in [-0.3, -0.25) is 4.79 Å². The molecule has 0 aliphatic heterocycles. The third kappa shape index (κ3) is 1.80. The molecule has 1 aliphatic carbocycles. The summed E-state index contributed by atoms with van der Waals surface area (Å²) in [7, 11) is 0. The van der Waals surface area contributed by atoms with E-state index in [-0.39, 0.29) is 12.3 Å². The third-order valence-corrected chi connectivity index (χ3v) is 3.64. The smallest absolute Gasteiger partial charge is 0.303 e. The second-order valence-electron chi connectivity index (χ2n) is 4.64. The summed E-state index contributed by atoms with van der Waals surface area (Å²) in [5.74, 6) is -0.500. The first-order chi connectivity index (χ1) is 8.13. The largest absolute Gasteiger partial charge is 0.481 e. The number of fused-ring (bicyclic) bond motifs is 3. The maximum atomic E-state index is 10.7. The first-order valence-corrected chi connectivity index (χ1v) is 6.02. The molecule has 1 aromatic carbocycles. The molecule has 3 nitrogen and oxygen atoms in total. The van der Waals surface area contributed by atoms with Gasteiger partial charge in [-0.25, -0.2) is 0 Å². The lowest BCUT2D eigenvalue weighted by atomic mass is 10.0. The number of hydrogen-bond donors (Lipinski definition) is 2. The van der Waals surface area contributed by atoms with Gasteiger partial charge in [-0.15, -0.1) is 0 Å². The Balaban J connectivity index is 1.98. The molecule has 0 fully saturated rings. The van der Waals surface area contributed by atoms with Crippen molar-refractivity contribution in [2.45, 2.75) is 19.3 Å². The van der Waals surface area contributed by atoms with E-state index < -0.39 is 5.97 Å². The molecule has 0 saturated heterocycles. The molecule has 0 radical (unpaired) electrons. The van der Waals surface area contributed by atoms with Gasteiger partial charge in [-0.1, -0.05) is 11.6 Å². The summed E-state index contributed by atoms with van der Waals surface area (Å²) >= 11 is 5.99. The van der Waals surface area contributed by atoms with Crippen LogP contribution in [0.5, 0.6) is 0 Å². The molecule has 0 spiro atoms. The number of halogens is 1. The molecule has 1 unspecified atom stereocenters. The Kier molecular flexibility index (Phi) is 2.37. The van der Waals surface area contributed by atoms with Gasteiger partial charge in [-0.2, -0.15) is 0 Å². The number of benzene rings is 1. The summed E-state index contributed by atoms with van der Waals surface area (Å²) < 4.78 is 0. The molecule has 2 N–H and O–H groups in total. The summed E-state index contributed by atoms with van der Waals surface area (Å²) in [6, 6.07) is 5.79.